The lowest BCUT2D eigenvalue weighted by Gasteiger charge is -1.86. The van der Waals surface area contributed by atoms with Gasteiger partial charge in [0.25, 0.3) is 0 Å². The lowest BCUT2D eigenvalue weighted by atomic mass is 10.4. The van der Waals surface area contributed by atoms with E-state index in [4.69, 9.17) is 16.9 Å². The molecule has 0 aliphatic heterocycles. The minimum absolute atomic E-state index is 0.0134. The number of hydrogen-bond donors (Lipinski definition) is 0. The molecule has 0 aromatic carbocycles. The molecule has 0 amide bonds. The number of nitrogens with zero attached hydrogens (tertiary/aromatic N) is 2. The maximum absolute atomic E-state index is 10.3. The Hall–Kier alpha value is -1.38. The molecule has 0 atom stereocenters. The van der Waals surface area contributed by atoms with Crippen LogP contribution in [0.4, 0.5) is 5.00 Å². The van der Waals surface area contributed by atoms with Gasteiger partial charge in [0.2, 0.25) is 0 Å². The Morgan fingerprint density at radius 2 is 2.46 bits per heavy atom. The van der Waals surface area contributed by atoms with Gasteiger partial charge in [-0.2, -0.15) is 5.26 Å². The second-order valence-corrected chi connectivity index (χ2v) is 3.49. The lowest BCUT2D eigenvalue weighted by molar-refractivity contribution is -0.380. The SMILES string of the molecule is N#C/C=C(\Cl)c1ccc([N+](=O)[O-])s1. The van der Waals surface area contributed by atoms with Gasteiger partial charge in [-0.3, -0.25) is 10.1 Å². The number of nitro groups is 1. The molecule has 1 heterocycles. The summed E-state index contributed by atoms with van der Waals surface area (Å²) in [5, 5.41) is 18.8. The van der Waals surface area contributed by atoms with E-state index in [1.165, 1.54) is 12.1 Å². The van der Waals surface area contributed by atoms with Gasteiger partial charge in [0.1, 0.15) is 0 Å². The Bertz CT molecular complexity index is 405. The number of allylic oxidation sites excluding steroid dienone is 1. The Kier molecular flexibility index (Phi) is 3.01. The molecule has 0 aliphatic carbocycles. The fraction of sp³-hybridized carbons (Fsp3) is 0. The minimum atomic E-state index is -0.495. The zero-order valence-electron chi connectivity index (χ0n) is 6.23. The van der Waals surface area contributed by atoms with E-state index in [1.54, 1.807) is 6.07 Å². The maximum Gasteiger partial charge on any atom is 0.324 e. The van der Waals surface area contributed by atoms with Crippen LogP contribution in [0.25, 0.3) is 5.03 Å². The average Bonchev–Trinajstić information content (AvgIpc) is 2.52. The van der Waals surface area contributed by atoms with Gasteiger partial charge in [-0.1, -0.05) is 22.9 Å². The van der Waals surface area contributed by atoms with Gasteiger partial charge in [-0.15, -0.1) is 0 Å². The van der Waals surface area contributed by atoms with Crippen LogP contribution < -0.4 is 0 Å². The predicted octanol–water partition coefficient (Wildman–Crippen LogP) is 2.76. The van der Waals surface area contributed by atoms with Crippen molar-refractivity contribution in [3.8, 4) is 6.07 Å². The van der Waals surface area contributed by atoms with Crippen molar-refractivity contribution in [1.29, 1.82) is 5.26 Å². The summed E-state index contributed by atoms with van der Waals surface area (Å²) < 4.78 is 0. The molecule has 1 rings (SSSR count). The second kappa shape index (κ2) is 4.03. The molecule has 0 saturated heterocycles. The highest BCUT2D eigenvalue weighted by atomic mass is 35.5. The van der Waals surface area contributed by atoms with Crippen molar-refractivity contribution in [2.24, 2.45) is 0 Å². The fourth-order valence-electron chi connectivity index (χ4n) is 0.682. The molecular weight excluding hydrogens is 212 g/mol. The molecule has 13 heavy (non-hydrogen) atoms. The summed E-state index contributed by atoms with van der Waals surface area (Å²) in [6, 6.07) is 4.61. The van der Waals surface area contributed by atoms with E-state index >= 15 is 0 Å². The normalized spacial score (nSPS) is 10.9. The van der Waals surface area contributed by atoms with Gasteiger partial charge in [-0.05, 0) is 6.07 Å². The summed E-state index contributed by atoms with van der Waals surface area (Å²) in [4.78, 5) is 10.3. The van der Waals surface area contributed by atoms with Crippen LogP contribution in [0.15, 0.2) is 18.2 Å². The minimum Gasteiger partial charge on any atom is -0.258 e. The van der Waals surface area contributed by atoms with Crippen LogP contribution in [0.1, 0.15) is 4.88 Å². The number of hydrogen-bond acceptors (Lipinski definition) is 4. The maximum atomic E-state index is 10.3. The van der Waals surface area contributed by atoms with Gasteiger partial charge in [-0.25, -0.2) is 0 Å². The molecule has 1 aromatic rings. The summed E-state index contributed by atoms with van der Waals surface area (Å²) in [6.07, 6.45) is 1.14. The van der Waals surface area contributed by atoms with Crippen molar-refractivity contribution in [3.63, 3.8) is 0 Å². The van der Waals surface area contributed by atoms with Crippen molar-refractivity contribution in [1.82, 2.24) is 0 Å². The zero-order valence-corrected chi connectivity index (χ0v) is 7.80. The van der Waals surface area contributed by atoms with E-state index in [1.807, 2.05) is 0 Å². The van der Waals surface area contributed by atoms with Gasteiger partial charge in [0.15, 0.2) is 0 Å². The first-order valence-electron chi connectivity index (χ1n) is 3.15. The lowest BCUT2D eigenvalue weighted by Crippen LogP contribution is -1.80. The van der Waals surface area contributed by atoms with Crippen molar-refractivity contribution >= 4 is 33.0 Å². The van der Waals surface area contributed by atoms with Crippen molar-refractivity contribution in [2.45, 2.75) is 0 Å². The molecule has 4 nitrogen and oxygen atoms in total. The molecule has 0 N–H and O–H groups in total. The molecule has 6 heteroatoms. The van der Waals surface area contributed by atoms with Crippen LogP contribution in [0.5, 0.6) is 0 Å². The van der Waals surface area contributed by atoms with Crippen molar-refractivity contribution in [3.05, 3.63) is 33.2 Å². The highest BCUT2D eigenvalue weighted by Crippen LogP contribution is 2.31. The van der Waals surface area contributed by atoms with Gasteiger partial charge >= 0.3 is 5.00 Å². The monoisotopic (exact) mass is 214 g/mol. The third-order valence-corrected chi connectivity index (χ3v) is 2.69. The van der Waals surface area contributed by atoms with E-state index in [-0.39, 0.29) is 10.0 Å². The van der Waals surface area contributed by atoms with Crippen LogP contribution >= 0.6 is 22.9 Å². The Morgan fingerprint density at radius 3 is 2.92 bits per heavy atom. The third kappa shape index (κ3) is 2.28. The Balaban J connectivity index is 3.00. The Labute approximate surface area is 82.8 Å². The van der Waals surface area contributed by atoms with Crippen LogP contribution in [-0.4, -0.2) is 4.92 Å². The second-order valence-electron chi connectivity index (χ2n) is 2.02. The molecule has 66 valence electrons. The highest BCUT2D eigenvalue weighted by molar-refractivity contribution is 7.17. The van der Waals surface area contributed by atoms with E-state index in [0.29, 0.717) is 4.88 Å². The molecule has 0 saturated carbocycles. The van der Waals surface area contributed by atoms with E-state index < -0.39 is 4.92 Å². The largest absolute Gasteiger partial charge is 0.324 e. The summed E-state index contributed by atoms with van der Waals surface area (Å²) in [5.41, 5.74) is 0. The summed E-state index contributed by atoms with van der Waals surface area (Å²) >= 11 is 6.59. The van der Waals surface area contributed by atoms with Crippen LogP contribution in [0, 0.1) is 21.4 Å². The zero-order chi connectivity index (χ0) is 9.84. The molecule has 0 fully saturated rings. The first kappa shape index (κ1) is 9.71. The number of halogens is 1. The van der Waals surface area contributed by atoms with Crippen molar-refractivity contribution < 1.29 is 4.92 Å². The van der Waals surface area contributed by atoms with E-state index in [2.05, 4.69) is 0 Å². The number of nitriles is 1. The van der Waals surface area contributed by atoms with Crippen LogP contribution in [0.2, 0.25) is 0 Å². The molecule has 1 aromatic heterocycles. The van der Waals surface area contributed by atoms with Gasteiger partial charge in [0, 0.05) is 12.1 Å². The molecule has 0 radical (unpaired) electrons. The predicted molar refractivity (Wildman–Crippen MR) is 50.4 cm³/mol. The third-order valence-electron chi connectivity index (χ3n) is 1.20. The molecule has 0 spiro atoms. The standard InChI is InChI=1S/C7H3ClN2O2S/c8-5(3-4-9)6-1-2-7(13-6)10(11)12/h1-3H/b5-3-. The molecule has 0 unspecified atom stereocenters. The van der Waals surface area contributed by atoms with E-state index in [9.17, 15) is 10.1 Å². The fourth-order valence-corrected chi connectivity index (χ4v) is 1.64. The quantitative estimate of drug-likeness (QED) is 0.432. The van der Waals surface area contributed by atoms with Crippen LogP contribution in [0.3, 0.4) is 0 Å². The van der Waals surface area contributed by atoms with Gasteiger partial charge < -0.3 is 0 Å². The summed E-state index contributed by atoms with van der Waals surface area (Å²) in [5.74, 6) is 0. The molecular formula is C7H3ClN2O2S. The molecule has 0 bridgehead atoms. The van der Waals surface area contributed by atoms with Gasteiger partial charge in [0.05, 0.1) is 20.9 Å². The van der Waals surface area contributed by atoms with Crippen molar-refractivity contribution in [2.75, 3.05) is 0 Å². The number of rotatable bonds is 2. The first-order chi connectivity index (χ1) is 6.15. The summed E-state index contributed by atoms with van der Waals surface area (Å²) in [6.45, 7) is 0. The first-order valence-corrected chi connectivity index (χ1v) is 4.34. The average molecular weight is 215 g/mol. The van der Waals surface area contributed by atoms with E-state index in [0.717, 1.165) is 17.4 Å². The smallest absolute Gasteiger partial charge is 0.258 e. The highest BCUT2D eigenvalue weighted by Gasteiger charge is 2.10. The molecule has 0 aliphatic rings. The summed E-state index contributed by atoms with van der Waals surface area (Å²) in [7, 11) is 0. The topological polar surface area (TPSA) is 66.9 Å². The Morgan fingerprint density at radius 1 is 1.77 bits per heavy atom. The number of thiophene rings is 1. The van der Waals surface area contributed by atoms with Crippen LogP contribution in [-0.2, 0) is 0 Å².